The highest BCUT2D eigenvalue weighted by molar-refractivity contribution is 5.98. The molecule has 1 N–H and O–H groups in total. The van der Waals surface area contributed by atoms with E-state index in [-0.39, 0.29) is 5.91 Å². The summed E-state index contributed by atoms with van der Waals surface area (Å²) in [6.45, 7) is 10.9. The number of hydrogen-bond donors (Lipinski definition) is 1. The third kappa shape index (κ3) is 5.09. The molecule has 2 aliphatic heterocycles. The Morgan fingerprint density at radius 3 is 2.39 bits per heavy atom. The molecule has 7 heteroatoms. The lowest BCUT2D eigenvalue weighted by Crippen LogP contribution is -2.44. The average Bonchev–Trinajstić information content (AvgIpc) is 2.82. The van der Waals surface area contributed by atoms with E-state index in [2.05, 4.69) is 34.3 Å². The van der Waals surface area contributed by atoms with Gasteiger partial charge in [-0.05, 0) is 75.9 Å². The van der Waals surface area contributed by atoms with Crippen molar-refractivity contribution in [3.63, 3.8) is 0 Å². The third-order valence-corrected chi connectivity index (χ3v) is 6.00. The van der Waals surface area contributed by atoms with E-state index in [0.29, 0.717) is 30.5 Å². The number of carbonyl (C=O) groups is 1. The minimum absolute atomic E-state index is 0.225. The maximum Gasteiger partial charge on any atom is 0.269 e. The zero-order valence-electron chi connectivity index (χ0n) is 19.9. The van der Waals surface area contributed by atoms with Gasteiger partial charge in [-0.2, -0.15) is 0 Å². The van der Waals surface area contributed by atoms with Crippen LogP contribution in [0.15, 0.2) is 42.5 Å². The van der Waals surface area contributed by atoms with Gasteiger partial charge in [-0.3, -0.25) is 4.79 Å². The number of amides is 1. The van der Waals surface area contributed by atoms with E-state index in [1.165, 1.54) is 5.69 Å². The summed E-state index contributed by atoms with van der Waals surface area (Å²) in [6.07, 6.45) is 1.08. The predicted octanol–water partition coefficient (Wildman–Crippen LogP) is 4.04. The molecule has 4 rings (SSSR count). The maximum absolute atomic E-state index is 13.1. The monoisotopic (exact) mass is 451 g/mol. The Morgan fingerprint density at radius 2 is 1.73 bits per heavy atom. The van der Waals surface area contributed by atoms with Crippen LogP contribution >= 0.6 is 0 Å². The first-order valence-electron chi connectivity index (χ1n) is 11.6. The van der Waals surface area contributed by atoms with E-state index in [1.807, 2.05) is 51.1 Å². The Kier molecular flexibility index (Phi) is 7.08. The standard InChI is InChI=1S/C26H33N3O4/c1-5-31-22-12-11-21-18(3)17-23(33-24(21)25(22)32-6-2)26(30)27-19-7-9-20(10-8-19)29-15-13-28(4)14-16-29/h7-12,17,23H,5-6,13-16H2,1-4H3,(H,27,30). The van der Waals surface area contributed by atoms with Crippen molar-refractivity contribution in [1.82, 2.24) is 4.90 Å². The van der Waals surface area contributed by atoms with Gasteiger partial charge in [-0.25, -0.2) is 0 Å². The van der Waals surface area contributed by atoms with Crippen molar-refractivity contribution in [1.29, 1.82) is 0 Å². The summed E-state index contributed by atoms with van der Waals surface area (Å²) in [5.74, 6) is 1.48. The van der Waals surface area contributed by atoms with E-state index in [1.54, 1.807) is 0 Å². The number of allylic oxidation sites excluding steroid dienone is 1. The molecule has 1 atom stereocenters. The van der Waals surface area contributed by atoms with Crippen LogP contribution in [0, 0.1) is 0 Å². The summed E-state index contributed by atoms with van der Waals surface area (Å²) in [7, 11) is 2.15. The SMILES string of the molecule is CCOc1ccc2c(c1OCC)OC(C(=O)Nc1ccc(N3CCN(C)CC3)cc1)C=C2C. The smallest absolute Gasteiger partial charge is 0.269 e. The molecule has 0 saturated carbocycles. The summed E-state index contributed by atoms with van der Waals surface area (Å²) in [4.78, 5) is 17.8. The summed E-state index contributed by atoms with van der Waals surface area (Å²) in [5, 5.41) is 2.98. The molecule has 1 fully saturated rings. The van der Waals surface area contributed by atoms with Gasteiger partial charge in [0.15, 0.2) is 17.6 Å². The molecule has 0 bridgehead atoms. The fraction of sp³-hybridized carbons (Fsp3) is 0.423. The quantitative estimate of drug-likeness (QED) is 0.686. The average molecular weight is 452 g/mol. The number of nitrogens with zero attached hydrogens (tertiary/aromatic N) is 2. The lowest BCUT2D eigenvalue weighted by Gasteiger charge is -2.34. The van der Waals surface area contributed by atoms with E-state index < -0.39 is 6.10 Å². The molecular weight excluding hydrogens is 418 g/mol. The largest absolute Gasteiger partial charge is 0.490 e. The lowest BCUT2D eigenvalue weighted by atomic mass is 10.00. The van der Waals surface area contributed by atoms with E-state index in [4.69, 9.17) is 14.2 Å². The Balaban J connectivity index is 1.48. The molecule has 2 aromatic carbocycles. The van der Waals surface area contributed by atoms with Crippen LogP contribution in [-0.4, -0.2) is 63.4 Å². The number of benzene rings is 2. The number of fused-ring (bicyclic) bond motifs is 1. The molecule has 0 radical (unpaired) electrons. The summed E-state index contributed by atoms with van der Waals surface area (Å²) >= 11 is 0. The van der Waals surface area contributed by atoms with Crippen LogP contribution < -0.4 is 24.4 Å². The summed E-state index contributed by atoms with van der Waals surface area (Å²) in [6, 6.07) is 11.8. The second kappa shape index (κ2) is 10.2. The number of ether oxygens (including phenoxy) is 3. The van der Waals surface area contributed by atoms with E-state index >= 15 is 0 Å². The molecule has 1 amide bonds. The fourth-order valence-corrected chi connectivity index (χ4v) is 4.16. The van der Waals surface area contributed by atoms with Crippen molar-refractivity contribution in [2.75, 3.05) is 56.7 Å². The highest BCUT2D eigenvalue weighted by Crippen LogP contribution is 2.45. The van der Waals surface area contributed by atoms with Crippen LogP contribution in [0.5, 0.6) is 17.2 Å². The highest BCUT2D eigenvalue weighted by Gasteiger charge is 2.29. The Hall–Kier alpha value is -3.19. The Bertz CT molecular complexity index is 1010. The van der Waals surface area contributed by atoms with Gasteiger partial charge < -0.3 is 29.3 Å². The first-order chi connectivity index (χ1) is 16.0. The molecule has 1 saturated heterocycles. The van der Waals surface area contributed by atoms with Gasteiger partial charge in [0.1, 0.15) is 0 Å². The number of piperazine rings is 1. The molecular formula is C26H33N3O4. The van der Waals surface area contributed by atoms with Gasteiger partial charge in [0.2, 0.25) is 5.75 Å². The van der Waals surface area contributed by atoms with Crippen LogP contribution in [-0.2, 0) is 4.79 Å². The number of nitrogens with one attached hydrogen (secondary N) is 1. The van der Waals surface area contributed by atoms with Crippen LogP contribution in [0.1, 0.15) is 26.3 Å². The molecule has 2 aliphatic rings. The molecule has 7 nitrogen and oxygen atoms in total. The fourth-order valence-electron chi connectivity index (χ4n) is 4.16. The van der Waals surface area contributed by atoms with Crippen LogP contribution in [0.2, 0.25) is 0 Å². The van der Waals surface area contributed by atoms with Crippen molar-refractivity contribution < 1.29 is 19.0 Å². The summed E-state index contributed by atoms with van der Waals surface area (Å²) < 4.78 is 17.7. The molecule has 1 unspecified atom stereocenters. The van der Waals surface area contributed by atoms with Gasteiger partial charge in [0.05, 0.1) is 13.2 Å². The Morgan fingerprint density at radius 1 is 1.03 bits per heavy atom. The van der Waals surface area contributed by atoms with Gasteiger partial charge in [-0.15, -0.1) is 0 Å². The van der Waals surface area contributed by atoms with Crippen molar-refractivity contribution in [2.24, 2.45) is 0 Å². The van der Waals surface area contributed by atoms with Gasteiger partial charge in [0, 0.05) is 43.1 Å². The minimum atomic E-state index is -0.758. The zero-order chi connectivity index (χ0) is 23.4. The lowest BCUT2D eigenvalue weighted by molar-refractivity contribution is -0.121. The number of carbonyl (C=O) groups excluding carboxylic acids is 1. The second-order valence-corrected chi connectivity index (χ2v) is 8.35. The van der Waals surface area contributed by atoms with Gasteiger partial charge >= 0.3 is 0 Å². The third-order valence-electron chi connectivity index (χ3n) is 6.00. The predicted molar refractivity (Wildman–Crippen MR) is 132 cm³/mol. The molecule has 0 spiro atoms. The van der Waals surface area contributed by atoms with E-state index in [9.17, 15) is 4.79 Å². The topological polar surface area (TPSA) is 63.3 Å². The first kappa shape index (κ1) is 23.0. The highest BCUT2D eigenvalue weighted by atomic mass is 16.5. The maximum atomic E-state index is 13.1. The molecule has 2 aromatic rings. The van der Waals surface area contributed by atoms with Crippen molar-refractivity contribution >= 4 is 22.9 Å². The zero-order valence-corrected chi connectivity index (χ0v) is 19.9. The second-order valence-electron chi connectivity index (χ2n) is 8.35. The molecule has 0 aliphatic carbocycles. The summed E-state index contributed by atoms with van der Waals surface area (Å²) in [5.41, 5.74) is 3.78. The van der Waals surface area contributed by atoms with Crippen LogP contribution in [0.25, 0.3) is 5.57 Å². The number of anilines is 2. The number of hydrogen-bond acceptors (Lipinski definition) is 6. The normalized spacial score (nSPS) is 18.1. The van der Waals surface area contributed by atoms with Gasteiger partial charge in [0.25, 0.3) is 5.91 Å². The van der Waals surface area contributed by atoms with Crippen molar-refractivity contribution in [3.8, 4) is 17.2 Å². The minimum Gasteiger partial charge on any atom is -0.490 e. The van der Waals surface area contributed by atoms with Crippen LogP contribution in [0.4, 0.5) is 11.4 Å². The van der Waals surface area contributed by atoms with Crippen LogP contribution in [0.3, 0.4) is 0 Å². The Labute approximate surface area is 195 Å². The number of likely N-dealkylation sites (N-methyl/N-ethyl adjacent to an activating group) is 1. The van der Waals surface area contributed by atoms with E-state index in [0.717, 1.165) is 43.0 Å². The molecule has 176 valence electrons. The number of rotatable bonds is 7. The first-order valence-corrected chi connectivity index (χ1v) is 11.6. The van der Waals surface area contributed by atoms with Crippen molar-refractivity contribution in [2.45, 2.75) is 26.9 Å². The molecule has 2 heterocycles. The molecule has 0 aromatic heterocycles. The van der Waals surface area contributed by atoms with Crippen molar-refractivity contribution in [3.05, 3.63) is 48.0 Å². The molecule has 33 heavy (non-hydrogen) atoms. The van der Waals surface area contributed by atoms with Gasteiger partial charge in [-0.1, -0.05) is 0 Å².